The van der Waals surface area contributed by atoms with Gasteiger partial charge in [-0.15, -0.1) is 11.3 Å². The first kappa shape index (κ1) is 18.2. The lowest BCUT2D eigenvalue weighted by molar-refractivity contribution is -0.313. The van der Waals surface area contributed by atoms with Crippen molar-refractivity contribution in [1.29, 1.82) is 0 Å². The number of aryl methyl sites for hydroxylation is 1. The van der Waals surface area contributed by atoms with Crippen molar-refractivity contribution >= 4 is 34.2 Å². The van der Waals surface area contributed by atoms with E-state index in [4.69, 9.17) is 4.74 Å². The van der Waals surface area contributed by atoms with Gasteiger partial charge in [0.2, 0.25) is 5.91 Å². The minimum Gasteiger partial charge on any atom is -0.550 e. The van der Waals surface area contributed by atoms with E-state index in [1.54, 1.807) is 0 Å². The molecular weight excluding hydrogens is 366 g/mol. The van der Waals surface area contributed by atoms with Gasteiger partial charge >= 0.3 is 5.97 Å². The van der Waals surface area contributed by atoms with Gasteiger partial charge in [0.15, 0.2) is 0 Å². The largest absolute Gasteiger partial charge is 0.550 e. The number of carbonyl (C=O) groups excluding carboxylic acids is 3. The lowest BCUT2D eigenvalue weighted by atomic mass is 9.82. The topological polar surface area (TPSA) is 95.5 Å². The fourth-order valence-electron chi connectivity index (χ4n) is 4.84. The van der Waals surface area contributed by atoms with E-state index in [1.165, 1.54) is 18.4 Å². The molecule has 3 aliphatic carbocycles. The molecule has 1 N–H and O–H groups in total. The van der Waals surface area contributed by atoms with Gasteiger partial charge in [0.25, 0.3) is 0 Å². The molecular formula is C20H22NO5S-. The molecule has 6 nitrogen and oxygen atoms in total. The molecule has 0 saturated heterocycles. The summed E-state index contributed by atoms with van der Waals surface area (Å²) >= 11 is 1.42. The molecule has 0 unspecified atom stereocenters. The number of carboxylic acids is 1. The van der Waals surface area contributed by atoms with Crippen LogP contribution in [0.4, 0.5) is 5.00 Å². The second kappa shape index (κ2) is 7.11. The molecule has 4 atom stereocenters. The molecule has 0 radical (unpaired) electrons. The third-order valence-corrected chi connectivity index (χ3v) is 7.29. The lowest BCUT2D eigenvalue weighted by Crippen LogP contribution is -2.42. The average Bonchev–Trinajstić information content (AvgIpc) is 3.30. The monoisotopic (exact) mass is 388 g/mol. The molecule has 1 saturated carbocycles. The number of carbonyl (C=O) groups is 3. The number of nitrogens with one attached hydrogen (secondary N) is 1. The van der Waals surface area contributed by atoms with Gasteiger partial charge in [0.1, 0.15) is 5.00 Å². The zero-order chi connectivity index (χ0) is 19.1. The lowest BCUT2D eigenvalue weighted by Gasteiger charge is -2.27. The number of amides is 1. The van der Waals surface area contributed by atoms with Gasteiger partial charge in [-0.2, -0.15) is 0 Å². The van der Waals surface area contributed by atoms with Crippen molar-refractivity contribution in [3.63, 3.8) is 0 Å². The Labute approximate surface area is 161 Å². The highest BCUT2D eigenvalue weighted by Crippen LogP contribution is 2.48. The number of fused-ring (bicyclic) bond motifs is 3. The van der Waals surface area contributed by atoms with Crippen LogP contribution < -0.4 is 10.4 Å². The van der Waals surface area contributed by atoms with Crippen LogP contribution in [0.5, 0.6) is 0 Å². The zero-order valence-corrected chi connectivity index (χ0v) is 16.0. The van der Waals surface area contributed by atoms with Crippen LogP contribution in [0.1, 0.15) is 46.5 Å². The molecule has 1 amide bonds. The summed E-state index contributed by atoms with van der Waals surface area (Å²) in [4.78, 5) is 38.1. The molecule has 144 valence electrons. The van der Waals surface area contributed by atoms with Crippen LogP contribution >= 0.6 is 11.3 Å². The van der Waals surface area contributed by atoms with E-state index in [0.717, 1.165) is 42.5 Å². The maximum atomic E-state index is 13.0. The van der Waals surface area contributed by atoms with Crippen molar-refractivity contribution in [2.45, 2.75) is 38.5 Å². The number of hydrogen-bond donors (Lipinski definition) is 1. The van der Waals surface area contributed by atoms with E-state index in [0.29, 0.717) is 17.0 Å². The van der Waals surface area contributed by atoms with Crippen LogP contribution in [0.2, 0.25) is 0 Å². The number of hydrogen-bond acceptors (Lipinski definition) is 6. The summed E-state index contributed by atoms with van der Waals surface area (Å²) in [5.74, 6) is -3.66. The molecule has 0 aromatic carbocycles. The number of allylic oxidation sites excluding steroid dienone is 2. The number of methoxy groups -OCH3 is 1. The van der Waals surface area contributed by atoms with Gasteiger partial charge in [-0.3, -0.25) is 4.79 Å². The number of anilines is 1. The van der Waals surface area contributed by atoms with Gasteiger partial charge in [-0.05, 0) is 49.5 Å². The van der Waals surface area contributed by atoms with E-state index in [1.807, 2.05) is 12.2 Å². The van der Waals surface area contributed by atoms with Gasteiger partial charge < -0.3 is 20.0 Å². The van der Waals surface area contributed by atoms with Gasteiger partial charge in [-0.25, -0.2) is 4.79 Å². The SMILES string of the molecule is COC(=O)c1c(NC(=O)[C@H]2[C@@H](C(=O)[O-])[C@H]3C=C[C@@H]2C3)sc2c1CCCCC2. The molecule has 1 aromatic rings. The molecule has 27 heavy (non-hydrogen) atoms. The Hall–Kier alpha value is -2.15. The van der Waals surface area contributed by atoms with Crippen molar-refractivity contribution in [3.05, 3.63) is 28.2 Å². The fraction of sp³-hybridized carbons (Fsp3) is 0.550. The normalized spacial score (nSPS) is 28.5. The van der Waals surface area contributed by atoms with E-state index < -0.39 is 23.8 Å². The number of aliphatic carboxylic acids is 1. The molecule has 3 aliphatic rings. The third kappa shape index (κ3) is 3.08. The minimum absolute atomic E-state index is 0.0859. The minimum atomic E-state index is -1.18. The number of ether oxygens (including phenoxy) is 1. The second-order valence-electron chi connectivity index (χ2n) is 7.57. The van der Waals surface area contributed by atoms with Crippen LogP contribution in [0, 0.1) is 23.7 Å². The van der Waals surface area contributed by atoms with Crippen molar-refractivity contribution in [2.24, 2.45) is 23.7 Å². The van der Waals surface area contributed by atoms with Crippen molar-refractivity contribution in [3.8, 4) is 0 Å². The smallest absolute Gasteiger partial charge is 0.341 e. The first-order valence-corrected chi connectivity index (χ1v) is 10.3. The predicted molar refractivity (Wildman–Crippen MR) is 98.3 cm³/mol. The Kier molecular flexibility index (Phi) is 4.80. The van der Waals surface area contributed by atoms with Crippen molar-refractivity contribution in [2.75, 3.05) is 12.4 Å². The Bertz CT molecular complexity index is 827. The molecule has 2 bridgehead atoms. The Morgan fingerprint density at radius 1 is 1.11 bits per heavy atom. The van der Waals surface area contributed by atoms with Crippen LogP contribution in [-0.4, -0.2) is 25.0 Å². The maximum absolute atomic E-state index is 13.0. The first-order chi connectivity index (χ1) is 13.0. The van der Waals surface area contributed by atoms with Crippen molar-refractivity contribution < 1.29 is 24.2 Å². The Balaban J connectivity index is 1.64. The van der Waals surface area contributed by atoms with Crippen LogP contribution in [0.15, 0.2) is 12.2 Å². The zero-order valence-electron chi connectivity index (χ0n) is 15.2. The predicted octanol–water partition coefficient (Wildman–Crippen LogP) is 1.93. The second-order valence-corrected chi connectivity index (χ2v) is 8.67. The summed E-state index contributed by atoms with van der Waals surface area (Å²) in [7, 11) is 1.33. The molecule has 0 spiro atoms. The van der Waals surface area contributed by atoms with E-state index in [-0.39, 0.29) is 17.7 Å². The van der Waals surface area contributed by atoms with E-state index in [9.17, 15) is 19.5 Å². The standard InChI is InChI=1S/C20H23NO5S/c1-26-20(25)16-12-5-3-2-4-6-13(12)27-18(16)21-17(22)14-10-7-8-11(9-10)15(14)19(23)24/h7-8,10-11,14-15H,2-6,9H2,1H3,(H,21,22)(H,23,24)/p-1/t10-,11+,14-,15+/m1/s1. The van der Waals surface area contributed by atoms with Crippen molar-refractivity contribution in [1.82, 2.24) is 0 Å². The maximum Gasteiger partial charge on any atom is 0.341 e. The van der Waals surface area contributed by atoms with E-state index in [2.05, 4.69) is 5.32 Å². The molecule has 1 fully saturated rings. The Morgan fingerprint density at radius 2 is 1.81 bits per heavy atom. The summed E-state index contributed by atoms with van der Waals surface area (Å²) in [6, 6.07) is 0. The number of esters is 1. The average molecular weight is 388 g/mol. The van der Waals surface area contributed by atoms with Crippen LogP contribution in [0.3, 0.4) is 0 Å². The summed E-state index contributed by atoms with van der Waals surface area (Å²) in [5.41, 5.74) is 1.42. The summed E-state index contributed by atoms with van der Waals surface area (Å²) in [5, 5.41) is 14.9. The Morgan fingerprint density at radius 3 is 2.52 bits per heavy atom. The van der Waals surface area contributed by atoms with Gasteiger partial charge in [0, 0.05) is 16.8 Å². The highest BCUT2D eigenvalue weighted by molar-refractivity contribution is 7.17. The third-order valence-electron chi connectivity index (χ3n) is 6.08. The van der Waals surface area contributed by atoms with E-state index >= 15 is 0 Å². The molecule has 1 heterocycles. The van der Waals surface area contributed by atoms with Crippen LogP contribution in [0.25, 0.3) is 0 Å². The summed E-state index contributed by atoms with van der Waals surface area (Å²) < 4.78 is 4.96. The number of carboxylic acid groups (broad SMARTS) is 1. The first-order valence-electron chi connectivity index (χ1n) is 9.44. The number of rotatable bonds is 4. The summed E-state index contributed by atoms with van der Waals surface area (Å²) in [6.07, 6.45) is 9.34. The highest BCUT2D eigenvalue weighted by Gasteiger charge is 2.49. The van der Waals surface area contributed by atoms with Gasteiger partial charge in [0.05, 0.1) is 18.6 Å². The molecule has 4 rings (SSSR count). The molecule has 0 aliphatic heterocycles. The van der Waals surface area contributed by atoms with Gasteiger partial charge in [-0.1, -0.05) is 18.6 Å². The molecule has 7 heteroatoms. The molecule has 1 aromatic heterocycles. The number of thiophene rings is 1. The fourth-order valence-corrected chi connectivity index (χ4v) is 6.13. The summed E-state index contributed by atoms with van der Waals surface area (Å²) in [6.45, 7) is 0. The highest BCUT2D eigenvalue weighted by atomic mass is 32.1. The van der Waals surface area contributed by atoms with Crippen LogP contribution in [-0.2, 0) is 27.2 Å². The quantitative estimate of drug-likeness (QED) is 0.483.